The van der Waals surface area contributed by atoms with Crippen molar-refractivity contribution in [2.75, 3.05) is 0 Å². The quantitative estimate of drug-likeness (QED) is 0.257. The molecule has 0 fully saturated rings. The van der Waals surface area contributed by atoms with Gasteiger partial charge in [0.05, 0.1) is 0 Å². The van der Waals surface area contributed by atoms with Crippen molar-refractivity contribution < 1.29 is 18.1 Å². The van der Waals surface area contributed by atoms with Crippen molar-refractivity contribution >= 4 is 18.6 Å². The Balaban J connectivity index is 1.67. The summed E-state index contributed by atoms with van der Waals surface area (Å²) >= 11 is 0. The normalized spacial score (nSPS) is 13.0. The Hall–Kier alpha value is -3.23. The predicted molar refractivity (Wildman–Crippen MR) is 130 cm³/mol. The Morgan fingerprint density at radius 1 is 0.750 bits per heavy atom. The van der Waals surface area contributed by atoms with E-state index >= 15 is 0 Å². The van der Waals surface area contributed by atoms with Crippen molar-refractivity contribution in [1.82, 2.24) is 0 Å². The van der Waals surface area contributed by atoms with E-state index in [9.17, 15) is 4.57 Å². The zero-order chi connectivity index (χ0) is 22.6. The monoisotopic (exact) mass is 446 g/mol. The van der Waals surface area contributed by atoms with E-state index in [1.807, 2.05) is 67.6 Å². The Kier molecular flexibility index (Phi) is 6.53. The number of fused-ring (bicyclic) bond motifs is 1. The number of aryl methyl sites for hydroxylation is 1. The third kappa shape index (κ3) is 5.52. The molecule has 0 spiro atoms. The molecule has 0 saturated heterocycles. The van der Waals surface area contributed by atoms with Crippen molar-refractivity contribution in [1.29, 1.82) is 0 Å². The summed E-state index contributed by atoms with van der Waals surface area (Å²) in [6.07, 6.45) is 0.963. The van der Waals surface area contributed by atoms with Gasteiger partial charge in [-0.1, -0.05) is 74.5 Å². The van der Waals surface area contributed by atoms with Crippen LogP contribution in [0.4, 0.5) is 0 Å². The molecule has 4 aromatic rings. The highest BCUT2D eigenvalue weighted by Gasteiger charge is 2.33. The van der Waals surface area contributed by atoms with E-state index in [2.05, 4.69) is 13.8 Å². The number of phosphoric acid groups is 1. The van der Waals surface area contributed by atoms with Crippen LogP contribution in [0.25, 0.3) is 10.8 Å². The first-order chi connectivity index (χ1) is 15.4. The van der Waals surface area contributed by atoms with Gasteiger partial charge in [0.15, 0.2) is 0 Å². The van der Waals surface area contributed by atoms with Crippen molar-refractivity contribution in [3.63, 3.8) is 0 Å². The fourth-order valence-corrected chi connectivity index (χ4v) is 4.80. The summed E-state index contributed by atoms with van der Waals surface area (Å²) in [5.41, 5.74) is 2.18. The molecule has 4 nitrogen and oxygen atoms in total. The van der Waals surface area contributed by atoms with Crippen molar-refractivity contribution in [3.05, 3.63) is 102 Å². The van der Waals surface area contributed by atoms with Crippen molar-refractivity contribution in [3.8, 4) is 17.2 Å². The van der Waals surface area contributed by atoms with Gasteiger partial charge in [-0.05, 0) is 66.1 Å². The average Bonchev–Trinajstić information content (AvgIpc) is 2.75. The molecule has 0 aliphatic rings. The average molecular weight is 446 g/mol. The van der Waals surface area contributed by atoms with Gasteiger partial charge in [0.2, 0.25) is 0 Å². The molecular formula is C27H27O4P. The van der Waals surface area contributed by atoms with Crippen LogP contribution in [0.2, 0.25) is 0 Å². The Bertz CT molecular complexity index is 1240. The van der Waals surface area contributed by atoms with Gasteiger partial charge in [0.25, 0.3) is 0 Å². The van der Waals surface area contributed by atoms with Crippen LogP contribution in [-0.2, 0) is 11.0 Å². The molecular weight excluding hydrogens is 419 g/mol. The molecule has 0 aromatic heterocycles. The second-order valence-corrected chi connectivity index (χ2v) is 9.70. The summed E-state index contributed by atoms with van der Waals surface area (Å²) < 4.78 is 31.6. The van der Waals surface area contributed by atoms with Crippen molar-refractivity contribution in [2.45, 2.75) is 27.2 Å². The lowest BCUT2D eigenvalue weighted by Crippen LogP contribution is -2.08. The highest BCUT2D eigenvalue weighted by molar-refractivity contribution is 7.49. The lowest BCUT2D eigenvalue weighted by atomic mass is 10.0. The van der Waals surface area contributed by atoms with Gasteiger partial charge in [0.1, 0.15) is 17.2 Å². The molecule has 1 unspecified atom stereocenters. The van der Waals surface area contributed by atoms with E-state index in [-0.39, 0.29) is 0 Å². The molecule has 0 N–H and O–H groups in total. The topological polar surface area (TPSA) is 44.8 Å². The summed E-state index contributed by atoms with van der Waals surface area (Å²) in [5.74, 6) is 1.83. The lowest BCUT2D eigenvalue weighted by Gasteiger charge is -2.20. The summed E-state index contributed by atoms with van der Waals surface area (Å²) in [4.78, 5) is 0. The van der Waals surface area contributed by atoms with Crippen LogP contribution < -0.4 is 13.6 Å². The number of hydrogen-bond acceptors (Lipinski definition) is 4. The maximum atomic E-state index is 13.9. The highest BCUT2D eigenvalue weighted by atomic mass is 31.2. The fourth-order valence-electron chi connectivity index (χ4n) is 3.54. The standard InChI is InChI=1S/C27H27O4P/c1-20(2)18-22-14-16-24(17-15-22)29-32(28,30-25-11-6-8-21(3)19-25)31-27-13-7-10-23-9-4-5-12-26(23)27/h4-17,19-20H,18H2,1-3H3. The summed E-state index contributed by atoms with van der Waals surface area (Å²) in [7, 11) is -4.05. The Morgan fingerprint density at radius 3 is 2.19 bits per heavy atom. The van der Waals surface area contributed by atoms with Gasteiger partial charge in [-0.25, -0.2) is 0 Å². The van der Waals surface area contributed by atoms with Crippen LogP contribution in [0.5, 0.6) is 17.2 Å². The Labute approximate surface area is 189 Å². The van der Waals surface area contributed by atoms with Gasteiger partial charge < -0.3 is 13.6 Å². The van der Waals surface area contributed by atoms with Crippen LogP contribution in [0.1, 0.15) is 25.0 Å². The maximum Gasteiger partial charge on any atom is 0.647 e. The van der Waals surface area contributed by atoms with Gasteiger partial charge in [0, 0.05) is 5.39 Å². The fraction of sp³-hybridized carbons (Fsp3) is 0.185. The van der Waals surface area contributed by atoms with E-state index in [1.165, 1.54) is 5.56 Å². The molecule has 0 bridgehead atoms. The largest absolute Gasteiger partial charge is 0.647 e. The number of rotatable bonds is 8. The molecule has 5 heteroatoms. The van der Waals surface area contributed by atoms with Crippen LogP contribution in [0.3, 0.4) is 0 Å². The summed E-state index contributed by atoms with van der Waals surface area (Å²) in [5, 5.41) is 1.81. The zero-order valence-corrected chi connectivity index (χ0v) is 19.4. The van der Waals surface area contributed by atoms with E-state index in [0.29, 0.717) is 23.2 Å². The SMILES string of the molecule is Cc1cccc(OP(=O)(Oc2ccc(CC(C)C)cc2)Oc2cccc3ccccc23)c1. The van der Waals surface area contributed by atoms with E-state index < -0.39 is 7.82 Å². The van der Waals surface area contributed by atoms with E-state index in [4.69, 9.17) is 13.6 Å². The zero-order valence-electron chi connectivity index (χ0n) is 18.5. The molecule has 0 aliphatic heterocycles. The molecule has 164 valence electrons. The molecule has 0 heterocycles. The predicted octanol–water partition coefficient (Wildman–Crippen LogP) is 7.99. The third-order valence-corrected chi connectivity index (χ3v) is 6.24. The summed E-state index contributed by atoms with van der Waals surface area (Å²) in [6.45, 7) is 6.29. The second-order valence-electron chi connectivity index (χ2n) is 8.26. The summed E-state index contributed by atoms with van der Waals surface area (Å²) in [6, 6.07) is 28.2. The minimum atomic E-state index is -4.05. The third-order valence-electron chi connectivity index (χ3n) is 4.95. The van der Waals surface area contributed by atoms with Gasteiger partial charge in [-0.2, -0.15) is 4.57 Å². The second kappa shape index (κ2) is 9.50. The number of phosphoric ester groups is 1. The van der Waals surface area contributed by atoms with Gasteiger partial charge >= 0.3 is 7.82 Å². The molecule has 4 rings (SSSR count). The first-order valence-corrected chi connectivity index (χ1v) is 12.2. The van der Waals surface area contributed by atoms with E-state index in [1.54, 1.807) is 30.3 Å². The molecule has 0 amide bonds. The van der Waals surface area contributed by atoms with E-state index in [0.717, 1.165) is 22.8 Å². The first kappa shape index (κ1) is 22.0. The lowest BCUT2D eigenvalue weighted by molar-refractivity contribution is 0.299. The maximum absolute atomic E-state index is 13.9. The molecule has 0 saturated carbocycles. The first-order valence-electron chi connectivity index (χ1n) is 10.7. The minimum Gasteiger partial charge on any atom is -0.386 e. The smallest absolute Gasteiger partial charge is 0.386 e. The molecule has 32 heavy (non-hydrogen) atoms. The minimum absolute atomic E-state index is 0.421. The molecule has 0 aliphatic carbocycles. The van der Waals surface area contributed by atoms with Crippen LogP contribution in [-0.4, -0.2) is 0 Å². The molecule has 0 radical (unpaired) electrons. The number of benzene rings is 4. The van der Waals surface area contributed by atoms with Crippen LogP contribution >= 0.6 is 7.82 Å². The highest BCUT2D eigenvalue weighted by Crippen LogP contribution is 2.51. The van der Waals surface area contributed by atoms with Gasteiger partial charge in [-0.3, -0.25) is 0 Å². The number of hydrogen-bond donors (Lipinski definition) is 0. The van der Waals surface area contributed by atoms with Crippen LogP contribution in [0.15, 0.2) is 91.0 Å². The van der Waals surface area contributed by atoms with Crippen molar-refractivity contribution in [2.24, 2.45) is 5.92 Å². The Morgan fingerprint density at radius 2 is 1.44 bits per heavy atom. The van der Waals surface area contributed by atoms with Crippen LogP contribution in [0, 0.1) is 12.8 Å². The van der Waals surface area contributed by atoms with Gasteiger partial charge in [-0.15, -0.1) is 0 Å². The molecule has 1 atom stereocenters. The molecule has 4 aromatic carbocycles.